The molecule has 0 atom stereocenters. The topological polar surface area (TPSA) is 0 Å². The van der Waals surface area contributed by atoms with E-state index >= 15 is 0 Å². The van der Waals surface area contributed by atoms with Gasteiger partial charge in [0.15, 0.2) is 0 Å². The van der Waals surface area contributed by atoms with Crippen molar-refractivity contribution in [1.29, 1.82) is 0 Å². The van der Waals surface area contributed by atoms with Crippen LogP contribution in [0.4, 0.5) is 0 Å². The summed E-state index contributed by atoms with van der Waals surface area (Å²) in [4.78, 5) is 0. The van der Waals surface area contributed by atoms with Crippen LogP contribution in [-0.4, -0.2) is 12.0 Å². The number of hydrogen-bond donors (Lipinski definition) is 0. The van der Waals surface area contributed by atoms with Gasteiger partial charge in [0.1, 0.15) is 0 Å². The molecule has 0 aliphatic rings. The van der Waals surface area contributed by atoms with Crippen LogP contribution in [0.2, 0.25) is 0 Å². The fourth-order valence-electron chi connectivity index (χ4n) is 2.20. The minimum Gasteiger partial charge on any atom is -0.165 e. The van der Waals surface area contributed by atoms with Gasteiger partial charge in [-0.25, -0.2) is 0 Å². The van der Waals surface area contributed by atoms with E-state index in [1.165, 1.54) is 12.2 Å². The zero-order valence-corrected chi connectivity index (χ0v) is 12.0. The molecule has 1 rings (SSSR count). The molecular weight excluding hydrogens is 212 g/mol. The Balaban J connectivity index is 3.12. The Morgan fingerprint density at radius 1 is 1.00 bits per heavy atom. The first-order chi connectivity index (χ1) is 7.57. The lowest BCUT2D eigenvalue weighted by atomic mass is 9.87. The van der Waals surface area contributed by atoms with Gasteiger partial charge in [-0.3, -0.25) is 0 Å². The minimum absolute atomic E-state index is 0.635. The molecule has 0 saturated carbocycles. The number of benzene rings is 1. The van der Waals surface area contributed by atoms with Crippen LogP contribution in [0.5, 0.6) is 0 Å². The molecule has 0 N–H and O–H groups in total. The van der Waals surface area contributed by atoms with Crippen LogP contribution < -0.4 is 0 Å². The lowest BCUT2D eigenvalue weighted by Crippen LogP contribution is -2.04. The molecule has 1 aromatic carbocycles. The van der Waals surface area contributed by atoms with E-state index in [0.717, 1.165) is 0 Å². The van der Waals surface area contributed by atoms with Gasteiger partial charge in [0.05, 0.1) is 0 Å². The van der Waals surface area contributed by atoms with E-state index in [9.17, 15) is 0 Å². The van der Waals surface area contributed by atoms with E-state index in [2.05, 4.69) is 52.1 Å². The highest BCUT2D eigenvalue weighted by Crippen LogP contribution is 2.28. The molecule has 0 aliphatic heterocycles. The second-order valence-electron chi connectivity index (χ2n) is 4.97. The summed E-state index contributed by atoms with van der Waals surface area (Å²) in [7, 11) is 0. The lowest BCUT2D eigenvalue weighted by molar-refractivity contribution is 0.802. The molecule has 1 heteroatoms. The Labute approximate surface area is 105 Å². The van der Waals surface area contributed by atoms with Crippen LogP contribution in [0, 0.1) is 0 Å². The summed E-state index contributed by atoms with van der Waals surface area (Å²) in [6.45, 7) is 9.17. The first kappa shape index (κ1) is 13.6. The van der Waals surface area contributed by atoms with Crippen molar-refractivity contribution in [2.24, 2.45) is 0 Å². The van der Waals surface area contributed by atoms with Crippen LogP contribution in [-0.2, 0) is 6.42 Å². The number of rotatable bonds is 5. The third-order valence-electron chi connectivity index (χ3n) is 3.05. The maximum absolute atomic E-state index is 2.30. The monoisotopic (exact) mass is 236 g/mol. The van der Waals surface area contributed by atoms with Gasteiger partial charge in [-0.05, 0) is 47.0 Å². The first-order valence-electron chi connectivity index (χ1n) is 6.18. The third kappa shape index (κ3) is 3.28. The van der Waals surface area contributed by atoms with E-state index in [0.29, 0.717) is 11.8 Å². The van der Waals surface area contributed by atoms with E-state index in [-0.39, 0.29) is 0 Å². The fraction of sp³-hybridized carbons (Fsp3) is 0.600. The van der Waals surface area contributed by atoms with Gasteiger partial charge in [-0.1, -0.05) is 45.9 Å². The lowest BCUT2D eigenvalue weighted by Gasteiger charge is -2.19. The number of hydrogen-bond acceptors (Lipinski definition) is 1. The molecule has 0 aliphatic carbocycles. The minimum atomic E-state index is 0.635. The van der Waals surface area contributed by atoms with Crippen molar-refractivity contribution >= 4 is 11.8 Å². The van der Waals surface area contributed by atoms with E-state index in [1.54, 1.807) is 16.7 Å². The summed E-state index contributed by atoms with van der Waals surface area (Å²) in [5.41, 5.74) is 4.68. The highest BCUT2D eigenvalue weighted by Gasteiger charge is 2.12. The second kappa shape index (κ2) is 6.34. The normalized spacial score (nSPS) is 11.4. The third-order valence-corrected chi connectivity index (χ3v) is 3.66. The fourth-order valence-corrected chi connectivity index (χ4v) is 2.61. The molecule has 0 aromatic heterocycles. The summed E-state index contributed by atoms with van der Waals surface area (Å²) in [5.74, 6) is 2.50. The standard InChI is InChI=1S/C15H24S/c1-11(2)13-7-6-8-14(12(3)4)15(13)9-10-16-5/h6-8,11-12H,9-10H2,1-5H3. The van der Waals surface area contributed by atoms with Crippen molar-refractivity contribution in [3.05, 3.63) is 34.9 Å². The first-order valence-corrected chi connectivity index (χ1v) is 7.58. The molecule has 0 amide bonds. The highest BCUT2D eigenvalue weighted by molar-refractivity contribution is 7.98. The Morgan fingerprint density at radius 2 is 1.50 bits per heavy atom. The molecule has 0 nitrogen and oxygen atoms in total. The Bertz CT molecular complexity index is 300. The molecule has 0 radical (unpaired) electrons. The van der Waals surface area contributed by atoms with Crippen molar-refractivity contribution < 1.29 is 0 Å². The highest BCUT2D eigenvalue weighted by atomic mass is 32.2. The zero-order valence-electron chi connectivity index (χ0n) is 11.2. The molecule has 0 spiro atoms. The predicted octanol–water partition coefficient (Wildman–Crippen LogP) is 4.84. The van der Waals surface area contributed by atoms with Gasteiger partial charge in [0.25, 0.3) is 0 Å². The van der Waals surface area contributed by atoms with Crippen molar-refractivity contribution in [2.75, 3.05) is 12.0 Å². The Hall–Kier alpha value is -0.430. The summed E-state index contributed by atoms with van der Waals surface area (Å²) in [6, 6.07) is 6.81. The molecule has 16 heavy (non-hydrogen) atoms. The quantitative estimate of drug-likeness (QED) is 0.705. The summed E-state index contributed by atoms with van der Waals surface area (Å²) in [6.07, 6.45) is 3.40. The van der Waals surface area contributed by atoms with E-state index < -0.39 is 0 Å². The predicted molar refractivity (Wildman–Crippen MR) is 76.7 cm³/mol. The van der Waals surface area contributed by atoms with Crippen molar-refractivity contribution in [1.82, 2.24) is 0 Å². The van der Waals surface area contributed by atoms with Crippen LogP contribution >= 0.6 is 11.8 Å². The molecule has 0 bridgehead atoms. The van der Waals surface area contributed by atoms with E-state index in [4.69, 9.17) is 0 Å². The average Bonchev–Trinajstić information content (AvgIpc) is 2.25. The molecule has 0 heterocycles. The second-order valence-corrected chi connectivity index (χ2v) is 5.95. The summed E-state index contributed by atoms with van der Waals surface area (Å²) >= 11 is 1.94. The maximum atomic E-state index is 2.30. The van der Waals surface area contributed by atoms with Crippen LogP contribution in [0.15, 0.2) is 18.2 Å². The molecular formula is C15H24S. The zero-order chi connectivity index (χ0) is 12.1. The van der Waals surface area contributed by atoms with Gasteiger partial charge in [-0.15, -0.1) is 0 Å². The number of thioether (sulfide) groups is 1. The van der Waals surface area contributed by atoms with Crippen molar-refractivity contribution in [3.63, 3.8) is 0 Å². The van der Waals surface area contributed by atoms with Gasteiger partial charge < -0.3 is 0 Å². The maximum Gasteiger partial charge on any atom is -0.00296 e. The molecule has 0 saturated heterocycles. The van der Waals surface area contributed by atoms with Crippen LogP contribution in [0.3, 0.4) is 0 Å². The average molecular weight is 236 g/mol. The van der Waals surface area contributed by atoms with Crippen molar-refractivity contribution in [2.45, 2.75) is 46.0 Å². The summed E-state index contributed by atoms with van der Waals surface area (Å²) < 4.78 is 0. The van der Waals surface area contributed by atoms with E-state index in [1.807, 2.05) is 11.8 Å². The molecule has 1 aromatic rings. The van der Waals surface area contributed by atoms with Gasteiger partial charge in [0.2, 0.25) is 0 Å². The van der Waals surface area contributed by atoms with Gasteiger partial charge in [0, 0.05) is 0 Å². The molecule has 0 unspecified atom stereocenters. The summed E-state index contributed by atoms with van der Waals surface area (Å²) in [5, 5.41) is 0. The largest absolute Gasteiger partial charge is 0.165 e. The van der Waals surface area contributed by atoms with Crippen LogP contribution in [0.25, 0.3) is 0 Å². The Morgan fingerprint density at radius 3 is 1.88 bits per heavy atom. The molecule has 0 fully saturated rings. The SMILES string of the molecule is CSCCc1c(C(C)C)cccc1C(C)C. The van der Waals surface area contributed by atoms with Gasteiger partial charge in [-0.2, -0.15) is 11.8 Å². The smallest absolute Gasteiger partial charge is 0.00296 e. The van der Waals surface area contributed by atoms with Gasteiger partial charge >= 0.3 is 0 Å². The van der Waals surface area contributed by atoms with Crippen LogP contribution in [0.1, 0.15) is 56.2 Å². The Kier molecular flexibility index (Phi) is 5.40. The van der Waals surface area contributed by atoms with Crippen molar-refractivity contribution in [3.8, 4) is 0 Å². The molecule has 90 valence electrons.